The van der Waals surface area contributed by atoms with Gasteiger partial charge in [0, 0.05) is 48.1 Å². The number of benzene rings is 6. The van der Waals surface area contributed by atoms with Crippen molar-refractivity contribution in [1.82, 2.24) is 14.5 Å². The molecule has 5 heteroatoms. The van der Waals surface area contributed by atoms with Crippen molar-refractivity contribution < 1.29 is 0 Å². The molecule has 0 atom stereocenters. The maximum atomic E-state index is 5.37. The van der Waals surface area contributed by atoms with E-state index in [0.717, 1.165) is 22.6 Å². The lowest BCUT2D eigenvalue weighted by atomic mass is 9.82. The molecule has 0 N–H and O–H groups in total. The molecule has 0 spiro atoms. The molecule has 228 valence electrons. The average Bonchev–Trinajstić information content (AvgIpc) is 3.59. The van der Waals surface area contributed by atoms with Crippen molar-refractivity contribution in [2.24, 2.45) is 0 Å². The van der Waals surface area contributed by atoms with Crippen molar-refractivity contribution in [3.05, 3.63) is 151 Å². The molecule has 1 aliphatic carbocycles. The molecule has 1 aliphatic heterocycles. The summed E-state index contributed by atoms with van der Waals surface area (Å²) in [5.41, 5.74) is 10.6. The SMILES string of the molecule is CC1(C)c2ccccc2-c2cc3c4ccc5c(c4n(-c4cc(-c6ccccc6)nc(-c6ccccc6)n4)c3cc21)Sc1ccccc1S5. The van der Waals surface area contributed by atoms with Crippen LogP contribution in [0, 0.1) is 0 Å². The van der Waals surface area contributed by atoms with E-state index in [2.05, 4.69) is 152 Å². The lowest BCUT2D eigenvalue weighted by Gasteiger charge is -2.22. The van der Waals surface area contributed by atoms with Crippen LogP contribution >= 0.6 is 23.5 Å². The van der Waals surface area contributed by atoms with Crippen molar-refractivity contribution in [1.29, 1.82) is 0 Å². The molecule has 3 nitrogen and oxygen atoms in total. The molecule has 48 heavy (non-hydrogen) atoms. The molecule has 0 amide bonds. The fourth-order valence-electron chi connectivity index (χ4n) is 7.54. The quantitative estimate of drug-likeness (QED) is 0.190. The summed E-state index contributed by atoms with van der Waals surface area (Å²) in [6.45, 7) is 4.71. The first-order valence-electron chi connectivity index (χ1n) is 16.3. The van der Waals surface area contributed by atoms with Gasteiger partial charge >= 0.3 is 0 Å². The van der Waals surface area contributed by atoms with Gasteiger partial charge in [-0.05, 0) is 52.6 Å². The van der Waals surface area contributed by atoms with Crippen LogP contribution in [0.25, 0.3) is 61.4 Å². The van der Waals surface area contributed by atoms with E-state index < -0.39 is 0 Å². The number of hydrogen-bond donors (Lipinski definition) is 0. The van der Waals surface area contributed by atoms with Crippen LogP contribution in [0.15, 0.2) is 159 Å². The maximum absolute atomic E-state index is 5.37. The first-order chi connectivity index (χ1) is 23.5. The predicted molar refractivity (Wildman–Crippen MR) is 199 cm³/mol. The summed E-state index contributed by atoms with van der Waals surface area (Å²) >= 11 is 3.73. The Kier molecular flexibility index (Phi) is 6.09. The summed E-state index contributed by atoms with van der Waals surface area (Å²) in [5, 5.41) is 2.48. The molecule has 3 heterocycles. The Labute approximate surface area is 287 Å². The average molecular weight is 652 g/mol. The van der Waals surface area contributed by atoms with Crippen LogP contribution in [0.5, 0.6) is 0 Å². The zero-order valence-corrected chi connectivity index (χ0v) is 28.1. The van der Waals surface area contributed by atoms with Gasteiger partial charge in [0.05, 0.1) is 21.6 Å². The summed E-state index contributed by atoms with van der Waals surface area (Å²) in [5.74, 6) is 1.59. The Balaban J connectivity index is 1.33. The van der Waals surface area contributed by atoms with Gasteiger partial charge in [0.25, 0.3) is 0 Å². The van der Waals surface area contributed by atoms with Crippen molar-refractivity contribution >= 4 is 45.3 Å². The number of fused-ring (bicyclic) bond motifs is 9. The highest BCUT2D eigenvalue weighted by Gasteiger charge is 2.36. The van der Waals surface area contributed by atoms with Crippen LogP contribution in [-0.2, 0) is 5.41 Å². The topological polar surface area (TPSA) is 30.7 Å². The number of aromatic nitrogens is 3. The molecule has 2 aliphatic rings. The molecule has 0 radical (unpaired) electrons. The molecule has 0 unspecified atom stereocenters. The smallest absolute Gasteiger partial charge is 0.162 e. The summed E-state index contributed by atoms with van der Waals surface area (Å²) in [4.78, 5) is 15.6. The van der Waals surface area contributed by atoms with Crippen molar-refractivity contribution in [2.45, 2.75) is 38.8 Å². The number of rotatable bonds is 3. The number of hydrogen-bond acceptors (Lipinski definition) is 4. The summed E-state index contributed by atoms with van der Waals surface area (Å²) in [6, 6.07) is 50.1. The van der Waals surface area contributed by atoms with E-state index in [9.17, 15) is 0 Å². The Hall–Kier alpha value is -5.10. The molecule has 0 bridgehead atoms. The van der Waals surface area contributed by atoms with Gasteiger partial charge in [-0.25, -0.2) is 9.97 Å². The molecular weight excluding hydrogens is 623 g/mol. The molecule has 10 rings (SSSR count). The third-order valence-corrected chi connectivity index (χ3v) is 12.5. The van der Waals surface area contributed by atoms with Gasteiger partial charge in [-0.1, -0.05) is 140 Å². The van der Waals surface area contributed by atoms with Gasteiger partial charge in [-0.3, -0.25) is 4.57 Å². The third kappa shape index (κ3) is 4.11. The zero-order chi connectivity index (χ0) is 32.0. The summed E-state index contributed by atoms with van der Waals surface area (Å²) in [6.07, 6.45) is 0. The fourth-order valence-corrected chi connectivity index (χ4v) is 9.92. The molecule has 0 saturated heterocycles. The van der Waals surface area contributed by atoms with E-state index in [0.29, 0.717) is 5.82 Å². The molecule has 8 aromatic rings. The normalized spacial score (nSPS) is 14.0. The summed E-state index contributed by atoms with van der Waals surface area (Å²) in [7, 11) is 0. The highest BCUT2D eigenvalue weighted by molar-refractivity contribution is 8.05. The van der Waals surface area contributed by atoms with Crippen LogP contribution in [0.4, 0.5) is 0 Å². The Morgan fingerprint density at radius 2 is 1.23 bits per heavy atom. The van der Waals surface area contributed by atoms with Crippen molar-refractivity contribution in [2.75, 3.05) is 0 Å². The first kappa shape index (κ1) is 28.0. The standard InChI is InChI=1S/C43H29N3S2/c1-43(2)32-18-10-9-17-28(32)30-23-31-29-21-22-38-41(48-37-20-12-11-19-36(37)47-38)40(29)46(35(31)24-33(30)43)39-25-34(26-13-5-3-6-14-26)44-42(45-39)27-15-7-4-8-16-27/h3-25H,1-2H3. The van der Waals surface area contributed by atoms with Crippen LogP contribution in [0.1, 0.15) is 25.0 Å². The van der Waals surface area contributed by atoms with Gasteiger partial charge < -0.3 is 0 Å². The minimum Gasteiger partial charge on any atom is -0.292 e. The summed E-state index contributed by atoms with van der Waals surface area (Å²) < 4.78 is 2.42. The molecule has 2 aromatic heterocycles. The Morgan fingerprint density at radius 1 is 0.542 bits per heavy atom. The second-order valence-corrected chi connectivity index (χ2v) is 15.2. The minimum absolute atomic E-state index is 0.125. The van der Waals surface area contributed by atoms with Gasteiger partial charge in [-0.2, -0.15) is 0 Å². The van der Waals surface area contributed by atoms with E-state index in [1.165, 1.54) is 63.6 Å². The van der Waals surface area contributed by atoms with E-state index in [1.807, 2.05) is 29.6 Å². The van der Waals surface area contributed by atoms with E-state index in [4.69, 9.17) is 9.97 Å². The maximum Gasteiger partial charge on any atom is 0.162 e. The van der Waals surface area contributed by atoms with Gasteiger partial charge in [0.2, 0.25) is 0 Å². The van der Waals surface area contributed by atoms with Crippen molar-refractivity contribution in [3.63, 3.8) is 0 Å². The van der Waals surface area contributed by atoms with Gasteiger partial charge in [-0.15, -0.1) is 0 Å². The van der Waals surface area contributed by atoms with Crippen molar-refractivity contribution in [3.8, 4) is 39.6 Å². The molecule has 0 fully saturated rings. The highest BCUT2D eigenvalue weighted by Crippen LogP contribution is 2.55. The van der Waals surface area contributed by atoms with Crippen LogP contribution in [-0.4, -0.2) is 14.5 Å². The molecule has 6 aromatic carbocycles. The largest absolute Gasteiger partial charge is 0.292 e. The molecule has 0 saturated carbocycles. The first-order valence-corrected chi connectivity index (χ1v) is 17.9. The van der Waals surface area contributed by atoms with E-state index >= 15 is 0 Å². The monoisotopic (exact) mass is 651 g/mol. The lowest BCUT2D eigenvalue weighted by molar-refractivity contribution is 0.661. The fraction of sp³-hybridized carbons (Fsp3) is 0.0698. The zero-order valence-electron chi connectivity index (χ0n) is 26.4. The van der Waals surface area contributed by atoms with Gasteiger partial charge in [0.15, 0.2) is 5.82 Å². The van der Waals surface area contributed by atoms with Crippen LogP contribution in [0.3, 0.4) is 0 Å². The second-order valence-electron chi connectivity index (χ2n) is 13.0. The predicted octanol–water partition coefficient (Wildman–Crippen LogP) is 11.8. The lowest BCUT2D eigenvalue weighted by Crippen LogP contribution is -2.15. The minimum atomic E-state index is -0.125. The number of nitrogens with zero attached hydrogens (tertiary/aromatic N) is 3. The Bertz CT molecular complexity index is 2530. The second kappa shape index (κ2) is 10.4. The third-order valence-electron chi connectivity index (χ3n) is 9.87. The van der Waals surface area contributed by atoms with Crippen LogP contribution in [0.2, 0.25) is 0 Å². The molecular formula is C43H29N3S2. The van der Waals surface area contributed by atoms with Crippen LogP contribution < -0.4 is 0 Å². The Morgan fingerprint density at radius 3 is 2.02 bits per heavy atom. The highest BCUT2D eigenvalue weighted by atomic mass is 32.2. The van der Waals surface area contributed by atoms with E-state index in [1.54, 1.807) is 0 Å². The van der Waals surface area contributed by atoms with E-state index in [-0.39, 0.29) is 5.41 Å². The van der Waals surface area contributed by atoms with Gasteiger partial charge in [0.1, 0.15) is 5.82 Å².